The van der Waals surface area contributed by atoms with Crippen LogP contribution in [0.4, 0.5) is 11.5 Å². The first kappa shape index (κ1) is 17.6. The van der Waals surface area contributed by atoms with Gasteiger partial charge in [0.2, 0.25) is 0 Å². The highest BCUT2D eigenvalue weighted by Gasteiger charge is 2.14. The summed E-state index contributed by atoms with van der Waals surface area (Å²) in [6.07, 6.45) is 3.14. The highest BCUT2D eigenvalue weighted by atomic mass is 15.3. The van der Waals surface area contributed by atoms with Crippen molar-refractivity contribution >= 4 is 17.0 Å². The summed E-state index contributed by atoms with van der Waals surface area (Å²) in [6.45, 7) is 7.54. The second-order valence-corrected chi connectivity index (χ2v) is 6.91. The number of nitrogens with one attached hydrogen (secondary N) is 1. The molecule has 0 saturated carbocycles. The number of pyridine rings is 1. The van der Waals surface area contributed by atoms with Crippen molar-refractivity contribution in [2.45, 2.75) is 13.3 Å². The van der Waals surface area contributed by atoms with E-state index in [0.29, 0.717) is 5.69 Å². The van der Waals surface area contributed by atoms with Crippen molar-refractivity contribution < 1.29 is 4.48 Å². The molecule has 0 saturated heterocycles. The standard InChI is InChI=1S/C17H31N6/c1-5-13-23(3,4)14-12-21(2)11-9-19-17-16(18)15-8-6-7-10-22(15)20-17/h6-8,10H,5,9,11-14,18H2,1-4H3,(H,19,20)/q+1. The molecular formula is C17H31N6+. The summed E-state index contributed by atoms with van der Waals surface area (Å²) < 4.78 is 2.89. The van der Waals surface area contributed by atoms with Crippen molar-refractivity contribution in [2.75, 3.05) is 64.9 Å². The number of nitrogen functional groups attached to an aromatic ring is 1. The number of aromatic nitrogens is 2. The van der Waals surface area contributed by atoms with Gasteiger partial charge in [0.25, 0.3) is 0 Å². The second-order valence-electron chi connectivity index (χ2n) is 6.91. The minimum absolute atomic E-state index is 0.717. The topological polar surface area (TPSA) is 58.6 Å². The molecule has 3 N–H and O–H groups in total. The molecule has 2 aromatic heterocycles. The molecule has 0 unspecified atom stereocenters. The molecule has 2 aromatic rings. The van der Waals surface area contributed by atoms with Crippen LogP contribution in [-0.2, 0) is 0 Å². The van der Waals surface area contributed by atoms with Crippen LogP contribution in [0.25, 0.3) is 5.52 Å². The third-order valence-corrected chi connectivity index (χ3v) is 4.28. The van der Waals surface area contributed by atoms with E-state index in [1.165, 1.54) is 19.5 Å². The smallest absolute Gasteiger partial charge is 0.172 e. The Labute approximate surface area is 139 Å². The molecule has 0 atom stereocenters. The van der Waals surface area contributed by atoms with Crippen LogP contribution < -0.4 is 11.1 Å². The van der Waals surface area contributed by atoms with Crippen molar-refractivity contribution in [1.29, 1.82) is 0 Å². The first-order valence-corrected chi connectivity index (χ1v) is 8.40. The molecule has 128 valence electrons. The Balaban J connectivity index is 1.78. The van der Waals surface area contributed by atoms with Crippen LogP contribution in [0.15, 0.2) is 24.4 Å². The fourth-order valence-electron chi connectivity index (χ4n) is 2.78. The van der Waals surface area contributed by atoms with Gasteiger partial charge in [0.1, 0.15) is 5.69 Å². The molecule has 0 radical (unpaired) electrons. The number of fused-ring (bicyclic) bond motifs is 1. The van der Waals surface area contributed by atoms with E-state index < -0.39 is 0 Å². The molecule has 2 rings (SSSR count). The lowest BCUT2D eigenvalue weighted by atomic mass is 10.3. The minimum atomic E-state index is 0.717. The lowest BCUT2D eigenvalue weighted by molar-refractivity contribution is -0.889. The average Bonchev–Trinajstić information content (AvgIpc) is 2.82. The Hall–Kier alpha value is -1.79. The Kier molecular flexibility index (Phi) is 5.85. The first-order chi connectivity index (χ1) is 10.9. The SMILES string of the molecule is CCC[N+](C)(C)CCN(C)CCNc1nn2ccccc2c1N. The van der Waals surface area contributed by atoms with E-state index in [9.17, 15) is 0 Å². The van der Waals surface area contributed by atoms with Crippen LogP contribution in [0.3, 0.4) is 0 Å². The molecule has 0 fully saturated rings. The van der Waals surface area contributed by atoms with E-state index in [2.05, 4.69) is 43.4 Å². The van der Waals surface area contributed by atoms with E-state index >= 15 is 0 Å². The molecule has 0 bridgehead atoms. The van der Waals surface area contributed by atoms with Gasteiger partial charge in [-0.05, 0) is 25.6 Å². The van der Waals surface area contributed by atoms with Crippen LogP contribution in [0.2, 0.25) is 0 Å². The van der Waals surface area contributed by atoms with Crippen molar-refractivity contribution in [3.05, 3.63) is 24.4 Å². The Morgan fingerprint density at radius 3 is 2.74 bits per heavy atom. The number of nitrogens with zero attached hydrogens (tertiary/aromatic N) is 4. The number of hydrogen-bond donors (Lipinski definition) is 2. The predicted octanol–water partition coefficient (Wildman–Crippen LogP) is 1.75. The van der Waals surface area contributed by atoms with E-state index in [4.69, 9.17) is 5.73 Å². The van der Waals surface area contributed by atoms with Gasteiger partial charge in [-0.1, -0.05) is 13.0 Å². The van der Waals surface area contributed by atoms with Gasteiger partial charge in [0.15, 0.2) is 5.82 Å². The third-order valence-electron chi connectivity index (χ3n) is 4.28. The number of rotatable bonds is 9. The molecule has 6 nitrogen and oxygen atoms in total. The summed E-state index contributed by atoms with van der Waals surface area (Å²) >= 11 is 0. The predicted molar refractivity (Wildman–Crippen MR) is 97.7 cm³/mol. The zero-order valence-corrected chi connectivity index (χ0v) is 14.9. The summed E-state index contributed by atoms with van der Waals surface area (Å²) in [5, 5.41) is 7.83. The van der Waals surface area contributed by atoms with Crippen molar-refractivity contribution in [2.24, 2.45) is 0 Å². The van der Waals surface area contributed by atoms with Crippen molar-refractivity contribution in [3.8, 4) is 0 Å². The average molecular weight is 319 g/mol. The summed E-state index contributed by atoms with van der Waals surface area (Å²) in [5.41, 5.74) is 7.81. The number of nitrogens with two attached hydrogens (primary N) is 1. The van der Waals surface area contributed by atoms with Crippen LogP contribution in [0, 0.1) is 0 Å². The van der Waals surface area contributed by atoms with Crippen LogP contribution >= 0.6 is 0 Å². The van der Waals surface area contributed by atoms with E-state index in [1.54, 1.807) is 0 Å². The Morgan fingerprint density at radius 1 is 1.26 bits per heavy atom. The maximum Gasteiger partial charge on any atom is 0.172 e. The zero-order chi connectivity index (χ0) is 16.9. The molecule has 6 heteroatoms. The van der Waals surface area contributed by atoms with Gasteiger partial charge in [-0.25, -0.2) is 4.52 Å². The van der Waals surface area contributed by atoms with Gasteiger partial charge in [-0.15, -0.1) is 5.10 Å². The fraction of sp³-hybridized carbons (Fsp3) is 0.588. The van der Waals surface area contributed by atoms with Gasteiger partial charge in [0, 0.05) is 25.8 Å². The first-order valence-electron chi connectivity index (χ1n) is 8.40. The highest BCUT2D eigenvalue weighted by Crippen LogP contribution is 2.22. The van der Waals surface area contributed by atoms with Gasteiger partial charge in [-0.2, -0.15) is 0 Å². The van der Waals surface area contributed by atoms with E-state index in [1.807, 2.05) is 28.9 Å². The third kappa shape index (κ3) is 4.84. The number of hydrogen-bond acceptors (Lipinski definition) is 4. The molecule has 0 aliphatic heterocycles. The second kappa shape index (κ2) is 7.66. The van der Waals surface area contributed by atoms with Crippen LogP contribution in [0.5, 0.6) is 0 Å². The molecule has 0 aliphatic carbocycles. The normalized spacial score (nSPS) is 12.2. The molecule has 23 heavy (non-hydrogen) atoms. The van der Waals surface area contributed by atoms with E-state index in [-0.39, 0.29) is 0 Å². The monoisotopic (exact) mass is 319 g/mol. The van der Waals surface area contributed by atoms with Gasteiger partial charge in [0.05, 0.1) is 32.7 Å². The maximum absolute atomic E-state index is 6.14. The lowest BCUT2D eigenvalue weighted by Crippen LogP contribution is -2.45. The molecular weight excluding hydrogens is 288 g/mol. The summed E-state index contributed by atoms with van der Waals surface area (Å²) in [5.74, 6) is 0.770. The fourth-order valence-corrected chi connectivity index (χ4v) is 2.78. The summed E-state index contributed by atoms with van der Waals surface area (Å²) in [6, 6.07) is 5.90. The van der Waals surface area contributed by atoms with Crippen LogP contribution in [-0.4, -0.2) is 72.9 Å². The van der Waals surface area contributed by atoms with E-state index in [0.717, 1.165) is 35.5 Å². The Morgan fingerprint density at radius 2 is 2.04 bits per heavy atom. The minimum Gasteiger partial charge on any atom is -0.394 e. The van der Waals surface area contributed by atoms with Crippen LogP contribution in [0.1, 0.15) is 13.3 Å². The number of anilines is 2. The van der Waals surface area contributed by atoms with Crippen molar-refractivity contribution in [1.82, 2.24) is 14.5 Å². The summed E-state index contributed by atoms with van der Waals surface area (Å²) in [4.78, 5) is 2.36. The molecule has 0 aliphatic rings. The van der Waals surface area contributed by atoms with Gasteiger partial charge in [-0.3, -0.25) is 4.90 Å². The lowest BCUT2D eigenvalue weighted by Gasteiger charge is -2.31. The largest absolute Gasteiger partial charge is 0.394 e. The summed E-state index contributed by atoms with van der Waals surface area (Å²) in [7, 11) is 6.76. The zero-order valence-electron chi connectivity index (χ0n) is 14.9. The Bertz CT molecular complexity index is 619. The maximum atomic E-state index is 6.14. The molecule has 2 heterocycles. The highest BCUT2D eigenvalue weighted by molar-refractivity contribution is 5.80. The molecule has 0 aromatic carbocycles. The number of likely N-dealkylation sites (N-methyl/N-ethyl adjacent to an activating group) is 2. The van der Waals surface area contributed by atoms with Gasteiger partial charge >= 0.3 is 0 Å². The number of quaternary nitrogens is 1. The molecule has 0 amide bonds. The van der Waals surface area contributed by atoms with Crippen molar-refractivity contribution in [3.63, 3.8) is 0 Å². The molecule has 0 spiro atoms. The quantitative estimate of drug-likeness (QED) is 0.691. The van der Waals surface area contributed by atoms with Gasteiger partial charge < -0.3 is 15.5 Å².